The maximum atomic E-state index is 12.6. The molecule has 1 aromatic carbocycles. The van der Waals surface area contributed by atoms with Gasteiger partial charge in [0, 0.05) is 18.8 Å². The standard InChI is InChI=1S/C17H26N2O3S/c1-22-17-10-9-14(19-11-5-2-6-12-19)13-16(17)18-23(20,21)15-7-3-4-8-15/h9-10,13,15,18H,2-8,11-12H2,1H3. The molecule has 128 valence electrons. The van der Waals surface area contributed by atoms with Gasteiger partial charge in [0.25, 0.3) is 0 Å². The molecule has 0 spiro atoms. The van der Waals surface area contributed by atoms with Gasteiger partial charge < -0.3 is 9.64 Å². The van der Waals surface area contributed by atoms with E-state index in [-0.39, 0.29) is 5.25 Å². The molecule has 2 aliphatic rings. The summed E-state index contributed by atoms with van der Waals surface area (Å²) in [5.74, 6) is 0.576. The summed E-state index contributed by atoms with van der Waals surface area (Å²) < 4.78 is 33.3. The molecule has 0 unspecified atom stereocenters. The zero-order valence-electron chi connectivity index (χ0n) is 13.8. The summed E-state index contributed by atoms with van der Waals surface area (Å²) in [7, 11) is -1.77. The molecule has 0 bridgehead atoms. The van der Waals surface area contributed by atoms with E-state index in [4.69, 9.17) is 4.74 Å². The Labute approximate surface area is 139 Å². The Morgan fingerprint density at radius 3 is 2.43 bits per heavy atom. The van der Waals surface area contributed by atoms with E-state index in [1.54, 1.807) is 7.11 Å². The minimum Gasteiger partial charge on any atom is -0.495 e. The summed E-state index contributed by atoms with van der Waals surface area (Å²) >= 11 is 0. The predicted octanol–water partition coefficient (Wildman–Crippen LogP) is 3.37. The second-order valence-corrected chi connectivity index (χ2v) is 8.45. The number of nitrogens with one attached hydrogen (secondary N) is 1. The average Bonchev–Trinajstić information content (AvgIpc) is 3.11. The second-order valence-electron chi connectivity index (χ2n) is 6.49. The summed E-state index contributed by atoms with van der Waals surface area (Å²) in [5.41, 5.74) is 1.62. The first-order valence-corrected chi connectivity index (χ1v) is 10.1. The van der Waals surface area contributed by atoms with E-state index in [9.17, 15) is 8.42 Å². The van der Waals surface area contributed by atoms with Crippen LogP contribution in [-0.2, 0) is 10.0 Å². The number of ether oxygens (including phenoxy) is 1. The van der Waals surface area contributed by atoms with Gasteiger partial charge in [-0.1, -0.05) is 12.8 Å². The van der Waals surface area contributed by atoms with Crippen LogP contribution >= 0.6 is 0 Å². The van der Waals surface area contributed by atoms with Crippen LogP contribution in [0.3, 0.4) is 0 Å². The molecule has 0 atom stereocenters. The van der Waals surface area contributed by atoms with Crippen LogP contribution in [0.4, 0.5) is 11.4 Å². The van der Waals surface area contributed by atoms with Crippen molar-refractivity contribution in [3.63, 3.8) is 0 Å². The Bertz CT molecular complexity index is 633. The quantitative estimate of drug-likeness (QED) is 0.894. The molecule has 1 saturated carbocycles. The topological polar surface area (TPSA) is 58.6 Å². The zero-order valence-corrected chi connectivity index (χ0v) is 14.6. The van der Waals surface area contributed by atoms with Crippen LogP contribution in [0, 0.1) is 0 Å². The van der Waals surface area contributed by atoms with Crippen LogP contribution in [0.5, 0.6) is 5.75 Å². The first-order chi connectivity index (χ1) is 11.1. The summed E-state index contributed by atoms with van der Waals surface area (Å²) in [6.07, 6.45) is 7.15. The van der Waals surface area contributed by atoms with Crippen LogP contribution in [0.25, 0.3) is 0 Å². The molecule has 23 heavy (non-hydrogen) atoms. The Balaban J connectivity index is 1.84. The average molecular weight is 338 g/mol. The zero-order chi connectivity index (χ0) is 16.3. The van der Waals surface area contributed by atoms with E-state index in [1.165, 1.54) is 19.3 Å². The molecular weight excluding hydrogens is 312 g/mol. The molecule has 1 aliphatic heterocycles. The Morgan fingerprint density at radius 1 is 1.09 bits per heavy atom. The van der Waals surface area contributed by atoms with Gasteiger partial charge in [-0.25, -0.2) is 8.42 Å². The molecular formula is C17H26N2O3S. The number of hydrogen-bond donors (Lipinski definition) is 1. The fourth-order valence-electron chi connectivity index (χ4n) is 3.56. The minimum absolute atomic E-state index is 0.272. The molecule has 2 fully saturated rings. The van der Waals surface area contributed by atoms with Gasteiger partial charge in [0.05, 0.1) is 18.0 Å². The molecule has 1 N–H and O–H groups in total. The maximum absolute atomic E-state index is 12.6. The van der Waals surface area contributed by atoms with Gasteiger partial charge in [0.15, 0.2) is 0 Å². The third kappa shape index (κ3) is 3.74. The molecule has 1 aromatic rings. The van der Waals surface area contributed by atoms with Gasteiger partial charge in [-0.3, -0.25) is 4.72 Å². The first kappa shape index (κ1) is 16.4. The third-order valence-corrected chi connectivity index (χ3v) is 6.75. The number of nitrogens with zero attached hydrogens (tertiary/aromatic N) is 1. The molecule has 1 heterocycles. The number of hydrogen-bond acceptors (Lipinski definition) is 4. The van der Waals surface area contributed by atoms with Crippen molar-refractivity contribution in [2.24, 2.45) is 0 Å². The van der Waals surface area contributed by atoms with E-state index in [1.807, 2.05) is 18.2 Å². The lowest BCUT2D eigenvalue weighted by Crippen LogP contribution is -2.29. The second kappa shape index (κ2) is 6.99. The fourth-order valence-corrected chi connectivity index (χ4v) is 5.15. The monoisotopic (exact) mass is 338 g/mol. The van der Waals surface area contributed by atoms with Crippen LogP contribution in [-0.4, -0.2) is 33.9 Å². The summed E-state index contributed by atoms with van der Waals surface area (Å²) in [6, 6.07) is 5.78. The van der Waals surface area contributed by atoms with E-state index >= 15 is 0 Å². The number of anilines is 2. The highest BCUT2D eigenvalue weighted by Gasteiger charge is 2.29. The third-order valence-electron chi connectivity index (χ3n) is 4.90. The van der Waals surface area contributed by atoms with Crippen molar-refractivity contribution >= 4 is 21.4 Å². The van der Waals surface area contributed by atoms with Crippen molar-refractivity contribution in [3.05, 3.63) is 18.2 Å². The van der Waals surface area contributed by atoms with E-state index < -0.39 is 10.0 Å². The van der Waals surface area contributed by atoms with Crippen LogP contribution in [0.1, 0.15) is 44.9 Å². The maximum Gasteiger partial charge on any atom is 0.235 e. The highest BCUT2D eigenvalue weighted by molar-refractivity contribution is 7.93. The number of piperidine rings is 1. The van der Waals surface area contributed by atoms with Crippen LogP contribution in [0.15, 0.2) is 18.2 Å². The first-order valence-electron chi connectivity index (χ1n) is 8.55. The Hall–Kier alpha value is -1.43. The highest BCUT2D eigenvalue weighted by atomic mass is 32.2. The molecule has 6 heteroatoms. The molecule has 0 aromatic heterocycles. The highest BCUT2D eigenvalue weighted by Crippen LogP contribution is 2.34. The van der Waals surface area contributed by atoms with Gasteiger partial charge in [-0.05, 0) is 50.3 Å². The van der Waals surface area contributed by atoms with Gasteiger partial charge in [-0.15, -0.1) is 0 Å². The van der Waals surface area contributed by atoms with Crippen LogP contribution < -0.4 is 14.4 Å². The fraction of sp³-hybridized carbons (Fsp3) is 0.647. The van der Waals surface area contributed by atoms with Crippen molar-refractivity contribution in [3.8, 4) is 5.75 Å². The number of methoxy groups -OCH3 is 1. The number of sulfonamides is 1. The van der Waals surface area contributed by atoms with Crippen molar-refractivity contribution in [1.82, 2.24) is 0 Å². The predicted molar refractivity (Wildman–Crippen MR) is 93.9 cm³/mol. The minimum atomic E-state index is -3.34. The number of benzene rings is 1. The molecule has 5 nitrogen and oxygen atoms in total. The van der Waals surface area contributed by atoms with Crippen molar-refractivity contribution in [1.29, 1.82) is 0 Å². The van der Waals surface area contributed by atoms with Crippen molar-refractivity contribution < 1.29 is 13.2 Å². The van der Waals surface area contributed by atoms with Gasteiger partial charge >= 0.3 is 0 Å². The summed E-state index contributed by atoms with van der Waals surface area (Å²) in [5, 5.41) is -0.272. The molecule has 1 aliphatic carbocycles. The SMILES string of the molecule is COc1ccc(N2CCCCC2)cc1NS(=O)(=O)C1CCCC1. The van der Waals surface area contributed by atoms with Gasteiger partial charge in [-0.2, -0.15) is 0 Å². The Kier molecular flexibility index (Phi) is 4.99. The van der Waals surface area contributed by atoms with Gasteiger partial charge in [0.1, 0.15) is 5.75 Å². The van der Waals surface area contributed by atoms with Crippen molar-refractivity contribution in [2.45, 2.75) is 50.2 Å². The number of rotatable bonds is 5. The normalized spacial score (nSPS) is 19.8. The summed E-state index contributed by atoms with van der Waals surface area (Å²) in [6.45, 7) is 2.06. The molecule has 3 rings (SSSR count). The van der Waals surface area contributed by atoms with E-state index in [0.29, 0.717) is 11.4 Å². The lowest BCUT2D eigenvalue weighted by molar-refractivity contribution is 0.417. The van der Waals surface area contributed by atoms with E-state index in [0.717, 1.165) is 44.5 Å². The molecule has 1 saturated heterocycles. The van der Waals surface area contributed by atoms with Crippen molar-refractivity contribution in [2.75, 3.05) is 29.8 Å². The molecule has 0 amide bonds. The van der Waals surface area contributed by atoms with Gasteiger partial charge in [0.2, 0.25) is 10.0 Å². The van der Waals surface area contributed by atoms with E-state index in [2.05, 4.69) is 9.62 Å². The largest absolute Gasteiger partial charge is 0.495 e. The Morgan fingerprint density at radius 2 is 1.78 bits per heavy atom. The van der Waals surface area contributed by atoms with Crippen LogP contribution in [0.2, 0.25) is 0 Å². The summed E-state index contributed by atoms with van der Waals surface area (Å²) in [4.78, 5) is 2.32. The smallest absolute Gasteiger partial charge is 0.235 e. The molecule has 0 radical (unpaired) electrons. The lowest BCUT2D eigenvalue weighted by atomic mass is 10.1. The lowest BCUT2D eigenvalue weighted by Gasteiger charge is -2.29.